The Morgan fingerprint density at radius 3 is 0.656 bits per heavy atom. The second-order valence-corrected chi connectivity index (χ2v) is 10.0. The average molecular weight is 456 g/mol. The molecule has 0 aromatic carbocycles. The zero-order valence-electron chi connectivity index (χ0n) is 21.9. The topological polar surface area (TPSA) is 52.5 Å². The molecule has 194 valence electrons. The fourth-order valence-electron chi connectivity index (χ4n) is 4.56. The molecule has 0 fully saturated rings. The van der Waals surface area contributed by atoms with Gasteiger partial charge in [0.15, 0.2) is 0 Å². The Morgan fingerprint density at radius 1 is 0.250 bits per heavy atom. The first-order valence-electron chi connectivity index (χ1n) is 14.8. The van der Waals surface area contributed by atoms with Crippen LogP contribution in [0.4, 0.5) is 0 Å². The summed E-state index contributed by atoms with van der Waals surface area (Å²) in [5.74, 6) is 0. The Balaban J connectivity index is 2.98. The minimum atomic E-state index is 0.360. The summed E-state index contributed by atoms with van der Waals surface area (Å²) in [7, 11) is 0. The molecule has 0 unspecified atom stereocenters. The van der Waals surface area contributed by atoms with Crippen LogP contribution in [-0.2, 0) is 0 Å². The molecular weight excluding hydrogens is 394 g/mol. The van der Waals surface area contributed by atoms with E-state index in [-0.39, 0.29) is 0 Å². The lowest BCUT2D eigenvalue weighted by Gasteiger charge is -2.06. The molecule has 0 heterocycles. The molecule has 0 aliphatic rings. The maximum absolute atomic E-state index is 8.76. The standard InChI is InChI=1S/C29H61NO2/c31-28-24-20-16-12-10-8-6-4-2-1-3-5-7-9-11-14-18-22-26-30-27-23-19-15-13-17-21-25-29-32/h30-32H,1-29H2. The summed E-state index contributed by atoms with van der Waals surface area (Å²) in [6, 6.07) is 0. The number of aliphatic hydroxyl groups is 2. The first-order chi connectivity index (χ1) is 15.9. The summed E-state index contributed by atoms with van der Waals surface area (Å²) in [6.07, 6.45) is 33.7. The second-order valence-electron chi connectivity index (χ2n) is 10.0. The third kappa shape index (κ3) is 29.9. The van der Waals surface area contributed by atoms with Crippen molar-refractivity contribution in [2.24, 2.45) is 0 Å². The van der Waals surface area contributed by atoms with Gasteiger partial charge in [-0.1, -0.05) is 135 Å². The molecule has 0 rings (SSSR count). The van der Waals surface area contributed by atoms with Crippen molar-refractivity contribution in [1.29, 1.82) is 0 Å². The minimum absolute atomic E-state index is 0.360. The van der Waals surface area contributed by atoms with Crippen molar-refractivity contribution in [2.45, 2.75) is 161 Å². The van der Waals surface area contributed by atoms with Crippen molar-refractivity contribution in [3.05, 3.63) is 0 Å². The summed E-state index contributed by atoms with van der Waals surface area (Å²) in [5.41, 5.74) is 0. The number of rotatable bonds is 29. The molecule has 0 saturated carbocycles. The highest BCUT2D eigenvalue weighted by Crippen LogP contribution is 2.14. The monoisotopic (exact) mass is 455 g/mol. The molecule has 0 radical (unpaired) electrons. The summed E-state index contributed by atoms with van der Waals surface area (Å²) in [5, 5.41) is 21.1. The van der Waals surface area contributed by atoms with E-state index in [1.165, 1.54) is 161 Å². The van der Waals surface area contributed by atoms with Gasteiger partial charge in [0.2, 0.25) is 0 Å². The first-order valence-corrected chi connectivity index (χ1v) is 14.8. The van der Waals surface area contributed by atoms with Gasteiger partial charge in [0.25, 0.3) is 0 Å². The van der Waals surface area contributed by atoms with Crippen LogP contribution in [0, 0.1) is 0 Å². The van der Waals surface area contributed by atoms with Crippen LogP contribution in [-0.4, -0.2) is 36.5 Å². The van der Waals surface area contributed by atoms with E-state index < -0.39 is 0 Å². The van der Waals surface area contributed by atoms with Gasteiger partial charge in [-0.3, -0.25) is 0 Å². The van der Waals surface area contributed by atoms with E-state index in [0.717, 1.165) is 12.8 Å². The zero-order valence-corrected chi connectivity index (χ0v) is 21.9. The Labute approximate surface area is 202 Å². The number of nitrogens with one attached hydrogen (secondary N) is 1. The molecule has 3 N–H and O–H groups in total. The average Bonchev–Trinajstić information content (AvgIpc) is 2.81. The van der Waals surface area contributed by atoms with Gasteiger partial charge in [0.05, 0.1) is 0 Å². The van der Waals surface area contributed by atoms with Crippen LogP contribution in [0.25, 0.3) is 0 Å². The lowest BCUT2D eigenvalue weighted by atomic mass is 10.0. The lowest BCUT2D eigenvalue weighted by molar-refractivity contribution is 0.282. The fourth-order valence-corrected chi connectivity index (χ4v) is 4.56. The Kier molecular flexibility index (Phi) is 30.8. The second kappa shape index (κ2) is 30.9. The predicted molar refractivity (Wildman–Crippen MR) is 142 cm³/mol. The molecule has 3 nitrogen and oxygen atoms in total. The molecule has 32 heavy (non-hydrogen) atoms. The van der Waals surface area contributed by atoms with Crippen molar-refractivity contribution in [3.8, 4) is 0 Å². The van der Waals surface area contributed by atoms with Crippen LogP contribution in [0.1, 0.15) is 161 Å². The summed E-state index contributed by atoms with van der Waals surface area (Å²) < 4.78 is 0. The van der Waals surface area contributed by atoms with Gasteiger partial charge < -0.3 is 15.5 Å². The molecule has 0 aromatic heterocycles. The van der Waals surface area contributed by atoms with Crippen LogP contribution < -0.4 is 5.32 Å². The van der Waals surface area contributed by atoms with Crippen molar-refractivity contribution in [1.82, 2.24) is 5.32 Å². The van der Waals surface area contributed by atoms with Gasteiger partial charge in [-0.25, -0.2) is 0 Å². The van der Waals surface area contributed by atoms with Crippen LogP contribution in [0.2, 0.25) is 0 Å². The highest BCUT2D eigenvalue weighted by atomic mass is 16.3. The quantitative estimate of drug-likeness (QED) is 0.0994. The third-order valence-corrected chi connectivity index (χ3v) is 6.77. The van der Waals surface area contributed by atoms with Gasteiger partial charge >= 0.3 is 0 Å². The van der Waals surface area contributed by atoms with Crippen LogP contribution in [0.15, 0.2) is 0 Å². The van der Waals surface area contributed by atoms with Gasteiger partial charge in [-0.15, -0.1) is 0 Å². The summed E-state index contributed by atoms with van der Waals surface area (Å²) in [4.78, 5) is 0. The summed E-state index contributed by atoms with van der Waals surface area (Å²) >= 11 is 0. The molecule has 0 amide bonds. The molecule has 0 saturated heterocycles. The van der Waals surface area contributed by atoms with E-state index in [0.29, 0.717) is 13.2 Å². The van der Waals surface area contributed by atoms with Crippen LogP contribution in [0.5, 0.6) is 0 Å². The first kappa shape index (κ1) is 31.9. The molecular formula is C29H61NO2. The summed E-state index contributed by atoms with van der Waals surface area (Å²) in [6.45, 7) is 3.13. The molecule has 0 bridgehead atoms. The van der Waals surface area contributed by atoms with Gasteiger partial charge in [0.1, 0.15) is 0 Å². The molecule has 0 aliphatic carbocycles. The lowest BCUT2D eigenvalue weighted by Crippen LogP contribution is -2.16. The third-order valence-electron chi connectivity index (χ3n) is 6.77. The van der Waals surface area contributed by atoms with Crippen LogP contribution in [0.3, 0.4) is 0 Å². The van der Waals surface area contributed by atoms with E-state index in [9.17, 15) is 0 Å². The van der Waals surface area contributed by atoms with E-state index in [4.69, 9.17) is 10.2 Å². The van der Waals surface area contributed by atoms with Crippen molar-refractivity contribution < 1.29 is 10.2 Å². The van der Waals surface area contributed by atoms with Gasteiger partial charge in [-0.2, -0.15) is 0 Å². The molecule has 0 spiro atoms. The predicted octanol–water partition coefficient (Wildman–Crippen LogP) is 8.31. The molecule has 0 aliphatic heterocycles. The molecule has 0 aromatic rings. The van der Waals surface area contributed by atoms with Gasteiger partial charge in [-0.05, 0) is 38.8 Å². The molecule has 3 heteroatoms. The molecule has 0 atom stereocenters. The van der Waals surface area contributed by atoms with E-state index in [2.05, 4.69) is 5.32 Å². The number of unbranched alkanes of at least 4 members (excludes halogenated alkanes) is 23. The van der Waals surface area contributed by atoms with E-state index in [1.54, 1.807) is 0 Å². The largest absolute Gasteiger partial charge is 0.396 e. The fraction of sp³-hybridized carbons (Fsp3) is 1.00. The number of hydrogen-bond donors (Lipinski definition) is 3. The van der Waals surface area contributed by atoms with E-state index in [1.807, 2.05) is 0 Å². The highest BCUT2D eigenvalue weighted by Gasteiger charge is 1.96. The number of aliphatic hydroxyl groups excluding tert-OH is 2. The maximum atomic E-state index is 8.76. The van der Waals surface area contributed by atoms with Crippen molar-refractivity contribution in [3.63, 3.8) is 0 Å². The Hall–Kier alpha value is -0.120. The highest BCUT2D eigenvalue weighted by molar-refractivity contribution is 4.53. The van der Waals surface area contributed by atoms with Crippen LogP contribution >= 0.6 is 0 Å². The SMILES string of the molecule is OCCCCCCCCCCCCCCCCCCCCNCCCCCCCCCO. The normalized spacial score (nSPS) is 11.4. The maximum Gasteiger partial charge on any atom is 0.0431 e. The number of hydrogen-bond acceptors (Lipinski definition) is 3. The zero-order chi connectivity index (χ0) is 23.2. The van der Waals surface area contributed by atoms with Crippen molar-refractivity contribution >= 4 is 0 Å². The van der Waals surface area contributed by atoms with E-state index >= 15 is 0 Å². The Bertz CT molecular complexity index is 282. The van der Waals surface area contributed by atoms with Gasteiger partial charge in [0, 0.05) is 13.2 Å². The smallest absolute Gasteiger partial charge is 0.0431 e. The Morgan fingerprint density at radius 2 is 0.438 bits per heavy atom. The minimum Gasteiger partial charge on any atom is -0.396 e. The van der Waals surface area contributed by atoms with Crippen molar-refractivity contribution in [2.75, 3.05) is 26.3 Å².